The Balaban J connectivity index is 4.08. The van der Waals surface area contributed by atoms with E-state index >= 15 is 0 Å². The standard InChI is InChI=1S/C10H16O3/c1-7(11)5-8(12)6-9(13)10(2,3)4/h5-6H2,1-4H3. The summed E-state index contributed by atoms with van der Waals surface area (Å²) < 4.78 is 0. The van der Waals surface area contributed by atoms with Crippen LogP contribution in [0.1, 0.15) is 40.5 Å². The van der Waals surface area contributed by atoms with Gasteiger partial charge in [0.05, 0.1) is 12.8 Å². The van der Waals surface area contributed by atoms with Crippen molar-refractivity contribution in [3.63, 3.8) is 0 Å². The van der Waals surface area contributed by atoms with Gasteiger partial charge >= 0.3 is 0 Å². The minimum atomic E-state index is -0.494. The minimum absolute atomic E-state index is 0.112. The van der Waals surface area contributed by atoms with Crippen LogP contribution in [0, 0.1) is 5.41 Å². The number of ketones is 3. The average molecular weight is 184 g/mol. The van der Waals surface area contributed by atoms with Crippen LogP contribution in [0.5, 0.6) is 0 Å². The second-order valence-electron chi connectivity index (χ2n) is 4.27. The largest absolute Gasteiger partial charge is 0.300 e. The van der Waals surface area contributed by atoms with Crippen molar-refractivity contribution in [1.29, 1.82) is 0 Å². The molecule has 0 aliphatic heterocycles. The van der Waals surface area contributed by atoms with Crippen LogP contribution in [0.2, 0.25) is 0 Å². The second-order valence-corrected chi connectivity index (χ2v) is 4.27. The fraction of sp³-hybridized carbons (Fsp3) is 0.700. The third kappa shape index (κ3) is 5.28. The van der Waals surface area contributed by atoms with Crippen LogP contribution in [-0.2, 0) is 14.4 Å². The summed E-state index contributed by atoms with van der Waals surface area (Å²) in [5.41, 5.74) is -0.494. The summed E-state index contributed by atoms with van der Waals surface area (Å²) in [5, 5.41) is 0. The van der Waals surface area contributed by atoms with Crippen LogP contribution in [-0.4, -0.2) is 17.3 Å². The van der Waals surface area contributed by atoms with E-state index in [0.29, 0.717) is 0 Å². The van der Waals surface area contributed by atoms with Crippen LogP contribution < -0.4 is 0 Å². The molecule has 0 saturated heterocycles. The van der Waals surface area contributed by atoms with E-state index in [1.807, 2.05) is 0 Å². The Kier molecular flexibility index (Phi) is 3.98. The normalized spacial score (nSPS) is 11.1. The fourth-order valence-corrected chi connectivity index (χ4v) is 0.784. The molecular formula is C10H16O3. The lowest BCUT2D eigenvalue weighted by molar-refractivity contribution is -0.132. The number of hydrogen-bond donors (Lipinski definition) is 0. The highest BCUT2D eigenvalue weighted by atomic mass is 16.2. The van der Waals surface area contributed by atoms with Crippen LogP contribution >= 0.6 is 0 Å². The van der Waals surface area contributed by atoms with Crippen molar-refractivity contribution >= 4 is 17.3 Å². The lowest BCUT2D eigenvalue weighted by Crippen LogP contribution is -2.23. The van der Waals surface area contributed by atoms with E-state index in [4.69, 9.17) is 0 Å². The second kappa shape index (κ2) is 4.30. The minimum Gasteiger partial charge on any atom is -0.300 e. The summed E-state index contributed by atoms with van der Waals surface area (Å²) in [5.74, 6) is -0.585. The maximum Gasteiger partial charge on any atom is 0.147 e. The predicted octanol–water partition coefficient (Wildman–Crippen LogP) is 1.54. The van der Waals surface area contributed by atoms with Crippen LogP contribution in [0.4, 0.5) is 0 Å². The quantitative estimate of drug-likeness (QED) is 0.623. The van der Waals surface area contributed by atoms with Crippen LogP contribution in [0.15, 0.2) is 0 Å². The lowest BCUT2D eigenvalue weighted by Gasteiger charge is -2.15. The van der Waals surface area contributed by atoms with E-state index in [2.05, 4.69) is 0 Å². The molecule has 0 saturated carbocycles. The van der Waals surface area contributed by atoms with Crippen molar-refractivity contribution in [3.05, 3.63) is 0 Å². The zero-order valence-electron chi connectivity index (χ0n) is 8.64. The van der Waals surface area contributed by atoms with Crippen molar-refractivity contribution in [2.75, 3.05) is 0 Å². The Morgan fingerprint density at radius 1 is 1.00 bits per heavy atom. The topological polar surface area (TPSA) is 51.2 Å². The third-order valence-electron chi connectivity index (χ3n) is 1.64. The van der Waals surface area contributed by atoms with Gasteiger partial charge < -0.3 is 0 Å². The van der Waals surface area contributed by atoms with Gasteiger partial charge in [0.2, 0.25) is 0 Å². The molecule has 3 nitrogen and oxygen atoms in total. The first-order valence-electron chi connectivity index (χ1n) is 4.28. The highest BCUT2D eigenvalue weighted by molar-refractivity contribution is 6.07. The monoisotopic (exact) mass is 184 g/mol. The molecule has 0 aromatic heterocycles. The van der Waals surface area contributed by atoms with E-state index in [0.717, 1.165) is 0 Å². The summed E-state index contributed by atoms with van der Waals surface area (Å²) in [7, 11) is 0. The third-order valence-corrected chi connectivity index (χ3v) is 1.64. The Morgan fingerprint density at radius 2 is 1.46 bits per heavy atom. The first-order chi connectivity index (χ1) is 5.73. The van der Waals surface area contributed by atoms with Gasteiger partial charge in [-0.2, -0.15) is 0 Å². The smallest absolute Gasteiger partial charge is 0.147 e. The molecule has 0 spiro atoms. The van der Waals surface area contributed by atoms with Crippen LogP contribution in [0.25, 0.3) is 0 Å². The van der Waals surface area contributed by atoms with Crippen molar-refractivity contribution in [3.8, 4) is 0 Å². The molecule has 0 amide bonds. The van der Waals surface area contributed by atoms with Gasteiger partial charge in [-0.05, 0) is 6.92 Å². The Bertz CT molecular complexity index is 233. The molecule has 0 aromatic carbocycles. The van der Waals surface area contributed by atoms with E-state index < -0.39 is 5.41 Å². The molecule has 0 aromatic rings. The van der Waals surface area contributed by atoms with Gasteiger partial charge in [0.25, 0.3) is 0 Å². The van der Waals surface area contributed by atoms with E-state index in [1.165, 1.54) is 6.92 Å². The van der Waals surface area contributed by atoms with Gasteiger partial charge in [-0.25, -0.2) is 0 Å². The average Bonchev–Trinajstić information content (AvgIpc) is 1.82. The molecule has 0 aliphatic carbocycles. The van der Waals surface area contributed by atoms with Gasteiger partial charge in [0.15, 0.2) is 0 Å². The molecule has 0 N–H and O–H groups in total. The highest BCUT2D eigenvalue weighted by Crippen LogP contribution is 2.17. The molecule has 0 aliphatic rings. The summed E-state index contributed by atoms with van der Waals surface area (Å²) in [6, 6.07) is 0. The van der Waals surface area contributed by atoms with E-state index in [-0.39, 0.29) is 30.2 Å². The summed E-state index contributed by atoms with van der Waals surface area (Å²) in [4.78, 5) is 32.9. The summed E-state index contributed by atoms with van der Waals surface area (Å²) in [6.45, 7) is 6.63. The highest BCUT2D eigenvalue weighted by Gasteiger charge is 2.23. The SMILES string of the molecule is CC(=O)CC(=O)CC(=O)C(C)(C)C. The molecule has 0 heterocycles. The molecule has 74 valence electrons. The molecule has 0 atom stereocenters. The zero-order chi connectivity index (χ0) is 10.6. The first kappa shape index (κ1) is 12.0. The van der Waals surface area contributed by atoms with E-state index in [9.17, 15) is 14.4 Å². The maximum atomic E-state index is 11.3. The number of carbonyl (C=O) groups excluding carboxylic acids is 3. The number of carbonyl (C=O) groups is 3. The Hall–Kier alpha value is -0.990. The molecule has 3 heteroatoms. The predicted molar refractivity (Wildman–Crippen MR) is 49.4 cm³/mol. The van der Waals surface area contributed by atoms with Gasteiger partial charge in [-0.3, -0.25) is 14.4 Å². The Labute approximate surface area is 78.5 Å². The van der Waals surface area contributed by atoms with Gasteiger partial charge in [0.1, 0.15) is 17.3 Å². The van der Waals surface area contributed by atoms with Gasteiger partial charge in [-0.1, -0.05) is 20.8 Å². The zero-order valence-corrected chi connectivity index (χ0v) is 8.64. The van der Waals surface area contributed by atoms with Crippen LogP contribution in [0.3, 0.4) is 0 Å². The Morgan fingerprint density at radius 3 is 1.77 bits per heavy atom. The fourth-order valence-electron chi connectivity index (χ4n) is 0.784. The number of Topliss-reactive ketones (excluding diaryl/α,β-unsaturated/α-hetero) is 3. The molecule has 0 fully saturated rings. The molecule has 0 bridgehead atoms. The number of rotatable bonds is 4. The van der Waals surface area contributed by atoms with Crippen molar-refractivity contribution in [2.24, 2.45) is 5.41 Å². The number of hydrogen-bond acceptors (Lipinski definition) is 3. The first-order valence-corrected chi connectivity index (χ1v) is 4.28. The van der Waals surface area contributed by atoms with Crippen molar-refractivity contribution in [1.82, 2.24) is 0 Å². The van der Waals surface area contributed by atoms with Gasteiger partial charge in [0, 0.05) is 5.41 Å². The molecule has 0 radical (unpaired) electrons. The van der Waals surface area contributed by atoms with Crippen molar-refractivity contribution < 1.29 is 14.4 Å². The lowest BCUT2D eigenvalue weighted by atomic mass is 9.87. The van der Waals surface area contributed by atoms with E-state index in [1.54, 1.807) is 20.8 Å². The molecule has 0 rings (SSSR count). The molecular weight excluding hydrogens is 168 g/mol. The van der Waals surface area contributed by atoms with Crippen molar-refractivity contribution in [2.45, 2.75) is 40.5 Å². The van der Waals surface area contributed by atoms with Gasteiger partial charge in [-0.15, -0.1) is 0 Å². The maximum absolute atomic E-state index is 11.3. The summed E-state index contributed by atoms with van der Waals surface area (Å²) in [6.07, 6.45) is -0.245. The summed E-state index contributed by atoms with van der Waals surface area (Å²) >= 11 is 0. The molecule has 13 heavy (non-hydrogen) atoms. The molecule has 0 unspecified atom stereocenters.